The smallest absolute Gasteiger partial charge is 0.329 e. The van der Waals surface area contributed by atoms with Crippen molar-refractivity contribution in [2.45, 2.75) is 26.9 Å². The monoisotopic (exact) mass is 248 g/mol. The van der Waals surface area contributed by atoms with Crippen LogP contribution in [0.15, 0.2) is 29.1 Å². The fourth-order valence-electron chi connectivity index (χ4n) is 2.07. The summed E-state index contributed by atoms with van der Waals surface area (Å²) in [4.78, 5) is 23.7. The molecule has 0 aliphatic heterocycles. The van der Waals surface area contributed by atoms with Crippen LogP contribution in [0, 0.1) is 0 Å². The van der Waals surface area contributed by atoms with Crippen molar-refractivity contribution >= 4 is 17.0 Å². The van der Waals surface area contributed by atoms with Crippen molar-refractivity contribution < 1.29 is 9.53 Å². The maximum Gasteiger partial charge on any atom is 0.329 e. The number of aryl methyl sites for hydroxylation is 1. The summed E-state index contributed by atoms with van der Waals surface area (Å²) in [6, 6.07) is 7.44. The predicted molar refractivity (Wildman–Crippen MR) is 68.5 cm³/mol. The molecule has 0 aliphatic carbocycles. The number of esters is 1. The van der Waals surface area contributed by atoms with Gasteiger partial charge in [0.1, 0.15) is 6.54 Å². The number of ether oxygens (including phenoxy) is 1. The molecule has 0 radical (unpaired) electrons. The first-order valence-electron chi connectivity index (χ1n) is 6.02. The molecule has 1 aromatic carbocycles. The Bertz CT molecular complexity index is 625. The maximum absolute atomic E-state index is 12.2. The van der Waals surface area contributed by atoms with Gasteiger partial charge in [0.05, 0.1) is 17.6 Å². The van der Waals surface area contributed by atoms with Crippen molar-refractivity contribution in [1.82, 2.24) is 9.13 Å². The summed E-state index contributed by atoms with van der Waals surface area (Å²) in [6.45, 7) is 4.51. The average Bonchev–Trinajstić information content (AvgIpc) is 2.63. The molecule has 96 valence electrons. The second-order valence-corrected chi connectivity index (χ2v) is 3.91. The highest BCUT2D eigenvalue weighted by atomic mass is 16.5. The van der Waals surface area contributed by atoms with Crippen LogP contribution < -0.4 is 5.69 Å². The molecule has 2 rings (SSSR count). The van der Waals surface area contributed by atoms with Crippen LogP contribution in [0.3, 0.4) is 0 Å². The van der Waals surface area contributed by atoms with Crippen molar-refractivity contribution in [3.63, 3.8) is 0 Å². The molecule has 0 fully saturated rings. The standard InChI is InChI=1S/C13H16N2O3/c1-3-14-10-7-5-6-8-11(10)15(13(14)17)9-12(16)18-4-2/h5-8H,3-4,9H2,1-2H3. The summed E-state index contributed by atoms with van der Waals surface area (Å²) in [5.41, 5.74) is 1.43. The lowest BCUT2D eigenvalue weighted by Crippen LogP contribution is -2.27. The third-order valence-corrected chi connectivity index (χ3v) is 2.83. The third-order valence-electron chi connectivity index (χ3n) is 2.83. The molecule has 0 saturated carbocycles. The first-order valence-corrected chi connectivity index (χ1v) is 6.02. The van der Waals surface area contributed by atoms with E-state index in [2.05, 4.69) is 0 Å². The van der Waals surface area contributed by atoms with Gasteiger partial charge in [0, 0.05) is 6.54 Å². The number of hydrogen-bond acceptors (Lipinski definition) is 3. The molecular weight excluding hydrogens is 232 g/mol. The van der Waals surface area contributed by atoms with Crippen LogP contribution in [-0.2, 0) is 22.6 Å². The van der Waals surface area contributed by atoms with E-state index in [1.807, 2.05) is 31.2 Å². The molecule has 0 unspecified atom stereocenters. The normalized spacial score (nSPS) is 10.8. The van der Waals surface area contributed by atoms with Gasteiger partial charge in [-0.25, -0.2) is 4.79 Å². The molecule has 5 nitrogen and oxygen atoms in total. The minimum absolute atomic E-state index is 0.0415. The summed E-state index contributed by atoms with van der Waals surface area (Å²) in [5.74, 6) is -0.390. The van der Waals surface area contributed by atoms with Gasteiger partial charge in [-0.3, -0.25) is 13.9 Å². The predicted octanol–water partition coefficient (Wildman–Crippen LogP) is 1.39. The van der Waals surface area contributed by atoms with E-state index >= 15 is 0 Å². The van der Waals surface area contributed by atoms with Gasteiger partial charge in [0.2, 0.25) is 0 Å². The Labute approximate surface area is 105 Å². The van der Waals surface area contributed by atoms with Gasteiger partial charge in [0.25, 0.3) is 0 Å². The fraction of sp³-hybridized carbons (Fsp3) is 0.385. The second kappa shape index (κ2) is 5.08. The zero-order valence-corrected chi connectivity index (χ0v) is 10.5. The first-order chi connectivity index (χ1) is 8.69. The molecule has 5 heteroatoms. The van der Waals surface area contributed by atoms with Crippen LogP contribution in [0.5, 0.6) is 0 Å². The Morgan fingerprint density at radius 2 is 1.78 bits per heavy atom. The van der Waals surface area contributed by atoms with Crippen LogP contribution in [-0.4, -0.2) is 21.7 Å². The van der Waals surface area contributed by atoms with Crippen LogP contribution in [0.4, 0.5) is 0 Å². The number of para-hydroxylation sites is 2. The Morgan fingerprint density at radius 3 is 2.33 bits per heavy atom. The molecular formula is C13H16N2O3. The van der Waals surface area contributed by atoms with Gasteiger partial charge >= 0.3 is 11.7 Å². The Balaban J connectivity index is 2.53. The van der Waals surface area contributed by atoms with Crippen molar-refractivity contribution in [2.24, 2.45) is 0 Å². The first kappa shape index (κ1) is 12.4. The second-order valence-electron chi connectivity index (χ2n) is 3.91. The average molecular weight is 248 g/mol. The molecule has 0 bridgehead atoms. The number of imidazole rings is 1. The summed E-state index contributed by atoms with van der Waals surface area (Å²) in [6.07, 6.45) is 0. The van der Waals surface area contributed by atoms with Crippen molar-refractivity contribution in [2.75, 3.05) is 6.61 Å². The lowest BCUT2D eigenvalue weighted by molar-refractivity contribution is -0.143. The Kier molecular flexibility index (Phi) is 3.50. The highest BCUT2D eigenvalue weighted by molar-refractivity contribution is 5.78. The van der Waals surface area contributed by atoms with Crippen molar-refractivity contribution in [1.29, 1.82) is 0 Å². The number of carbonyl (C=O) groups is 1. The molecule has 0 saturated heterocycles. The lowest BCUT2D eigenvalue weighted by Gasteiger charge is -2.02. The highest BCUT2D eigenvalue weighted by Gasteiger charge is 2.14. The Hall–Kier alpha value is -2.04. The van der Waals surface area contributed by atoms with E-state index in [9.17, 15) is 9.59 Å². The number of nitrogens with zero attached hydrogens (tertiary/aromatic N) is 2. The van der Waals surface area contributed by atoms with Gasteiger partial charge in [0.15, 0.2) is 0 Å². The molecule has 18 heavy (non-hydrogen) atoms. The zero-order chi connectivity index (χ0) is 13.1. The summed E-state index contributed by atoms with van der Waals surface area (Å²) in [5, 5.41) is 0. The van der Waals surface area contributed by atoms with E-state index in [4.69, 9.17) is 4.74 Å². The quantitative estimate of drug-likeness (QED) is 0.768. The molecule has 0 spiro atoms. The SMILES string of the molecule is CCOC(=O)Cn1c(=O)n(CC)c2ccccc21. The maximum atomic E-state index is 12.2. The van der Waals surface area contributed by atoms with Gasteiger partial charge in [-0.1, -0.05) is 12.1 Å². The lowest BCUT2D eigenvalue weighted by atomic mass is 10.3. The number of aromatic nitrogens is 2. The van der Waals surface area contributed by atoms with Gasteiger partial charge < -0.3 is 4.74 Å². The molecule has 0 amide bonds. The van der Waals surface area contributed by atoms with Crippen LogP contribution in [0.1, 0.15) is 13.8 Å². The van der Waals surface area contributed by atoms with E-state index < -0.39 is 5.97 Å². The van der Waals surface area contributed by atoms with E-state index in [0.29, 0.717) is 13.2 Å². The summed E-state index contributed by atoms with van der Waals surface area (Å²) in [7, 11) is 0. The third kappa shape index (κ3) is 2.03. The molecule has 1 heterocycles. The molecule has 0 N–H and O–H groups in total. The number of benzene rings is 1. The molecule has 0 atom stereocenters. The zero-order valence-electron chi connectivity index (χ0n) is 10.5. The van der Waals surface area contributed by atoms with E-state index in [1.165, 1.54) is 4.57 Å². The van der Waals surface area contributed by atoms with Crippen molar-refractivity contribution in [3.8, 4) is 0 Å². The van der Waals surface area contributed by atoms with Crippen LogP contribution in [0.2, 0.25) is 0 Å². The molecule has 1 aromatic heterocycles. The minimum atomic E-state index is -0.390. The number of carbonyl (C=O) groups excluding carboxylic acids is 1. The molecule has 0 aliphatic rings. The van der Waals surface area contributed by atoms with Crippen LogP contribution >= 0.6 is 0 Å². The molecule has 2 aromatic rings. The van der Waals surface area contributed by atoms with Gasteiger partial charge in [-0.2, -0.15) is 0 Å². The summed E-state index contributed by atoms with van der Waals surface area (Å²) >= 11 is 0. The van der Waals surface area contributed by atoms with E-state index in [1.54, 1.807) is 11.5 Å². The van der Waals surface area contributed by atoms with Crippen molar-refractivity contribution in [3.05, 3.63) is 34.7 Å². The van der Waals surface area contributed by atoms with Gasteiger partial charge in [-0.05, 0) is 26.0 Å². The Morgan fingerprint density at radius 1 is 1.17 bits per heavy atom. The minimum Gasteiger partial charge on any atom is -0.465 e. The number of hydrogen-bond donors (Lipinski definition) is 0. The topological polar surface area (TPSA) is 53.2 Å². The largest absolute Gasteiger partial charge is 0.465 e. The highest BCUT2D eigenvalue weighted by Crippen LogP contribution is 2.12. The van der Waals surface area contributed by atoms with E-state index in [-0.39, 0.29) is 12.2 Å². The number of rotatable bonds is 4. The van der Waals surface area contributed by atoms with E-state index in [0.717, 1.165) is 11.0 Å². The number of fused-ring (bicyclic) bond motifs is 1. The van der Waals surface area contributed by atoms with Gasteiger partial charge in [-0.15, -0.1) is 0 Å². The fourth-order valence-corrected chi connectivity index (χ4v) is 2.07. The van der Waals surface area contributed by atoms with Crippen LogP contribution in [0.25, 0.3) is 11.0 Å². The summed E-state index contributed by atoms with van der Waals surface area (Å²) < 4.78 is 7.99.